The van der Waals surface area contributed by atoms with Crippen LogP contribution in [0.5, 0.6) is 0 Å². The second-order valence-corrected chi connectivity index (χ2v) is 5.37. The van der Waals surface area contributed by atoms with Crippen molar-refractivity contribution in [1.29, 1.82) is 0 Å². The molecule has 2 aromatic rings. The van der Waals surface area contributed by atoms with Gasteiger partial charge in [-0.2, -0.15) is 0 Å². The van der Waals surface area contributed by atoms with Crippen LogP contribution in [0.3, 0.4) is 0 Å². The maximum absolute atomic E-state index is 4.44. The maximum Gasteiger partial charge on any atom is 0.227 e. The zero-order valence-corrected chi connectivity index (χ0v) is 12.6. The molecule has 5 heteroatoms. The van der Waals surface area contributed by atoms with Crippen molar-refractivity contribution in [3.63, 3.8) is 0 Å². The van der Waals surface area contributed by atoms with Crippen molar-refractivity contribution < 1.29 is 0 Å². The number of hydrogen-bond acceptors (Lipinski definition) is 5. The number of nitrogens with one attached hydrogen (secondary N) is 2. The number of benzene rings is 1. The standard InChI is InChI=1S/C16H21N5/c1-12-11-18-16(19-13(12)2)20-14-3-5-15(6-4-14)21-9-7-17-8-10-21/h3-6,11,17H,7-10H2,1-2H3,(H,18,19,20). The molecule has 1 saturated heterocycles. The lowest BCUT2D eigenvalue weighted by Gasteiger charge is -2.29. The average molecular weight is 283 g/mol. The molecule has 0 spiro atoms. The van der Waals surface area contributed by atoms with Crippen molar-refractivity contribution in [2.75, 3.05) is 36.4 Å². The van der Waals surface area contributed by atoms with Crippen LogP contribution in [0, 0.1) is 13.8 Å². The Labute approximate surface area is 125 Å². The van der Waals surface area contributed by atoms with E-state index in [1.807, 2.05) is 20.0 Å². The Morgan fingerprint density at radius 3 is 2.48 bits per heavy atom. The fourth-order valence-corrected chi connectivity index (χ4v) is 2.40. The number of anilines is 3. The molecule has 5 nitrogen and oxygen atoms in total. The molecule has 0 amide bonds. The largest absolute Gasteiger partial charge is 0.369 e. The summed E-state index contributed by atoms with van der Waals surface area (Å²) in [5, 5.41) is 6.62. The third-order valence-corrected chi connectivity index (χ3v) is 3.83. The third kappa shape index (κ3) is 3.31. The van der Waals surface area contributed by atoms with Crippen LogP contribution in [-0.2, 0) is 0 Å². The van der Waals surface area contributed by atoms with Crippen LogP contribution in [0.25, 0.3) is 0 Å². The summed E-state index contributed by atoms with van der Waals surface area (Å²) in [5.74, 6) is 0.646. The predicted molar refractivity (Wildman–Crippen MR) is 86.3 cm³/mol. The van der Waals surface area contributed by atoms with E-state index in [1.165, 1.54) is 5.69 Å². The summed E-state index contributed by atoms with van der Waals surface area (Å²) in [6, 6.07) is 8.45. The topological polar surface area (TPSA) is 53.1 Å². The molecule has 3 rings (SSSR count). The summed E-state index contributed by atoms with van der Waals surface area (Å²) in [5.41, 5.74) is 4.39. The molecule has 2 N–H and O–H groups in total. The maximum atomic E-state index is 4.44. The first-order valence-electron chi connectivity index (χ1n) is 7.35. The molecule has 2 heterocycles. The Balaban J connectivity index is 1.70. The normalized spacial score (nSPS) is 15.0. The molecule has 1 aromatic carbocycles. The first kappa shape index (κ1) is 13.8. The van der Waals surface area contributed by atoms with E-state index in [4.69, 9.17) is 0 Å². The van der Waals surface area contributed by atoms with Crippen molar-refractivity contribution >= 4 is 17.3 Å². The Kier molecular flexibility index (Phi) is 4.01. The first-order chi connectivity index (χ1) is 10.2. The van der Waals surface area contributed by atoms with E-state index in [1.54, 1.807) is 0 Å². The van der Waals surface area contributed by atoms with Crippen molar-refractivity contribution in [2.24, 2.45) is 0 Å². The number of aryl methyl sites for hydroxylation is 2. The predicted octanol–water partition coefficient (Wildman–Crippen LogP) is 2.25. The second-order valence-electron chi connectivity index (χ2n) is 5.37. The van der Waals surface area contributed by atoms with E-state index in [9.17, 15) is 0 Å². The lowest BCUT2D eigenvalue weighted by molar-refractivity contribution is 0.589. The fourth-order valence-electron chi connectivity index (χ4n) is 2.40. The average Bonchev–Trinajstić information content (AvgIpc) is 2.53. The minimum absolute atomic E-state index is 0.646. The minimum Gasteiger partial charge on any atom is -0.369 e. The summed E-state index contributed by atoms with van der Waals surface area (Å²) in [6.07, 6.45) is 1.85. The van der Waals surface area contributed by atoms with Gasteiger partial charge < -0.3 is 15.5 Å². The molecule has 1 aliphatic heterocycles. The molecule has 0 atom stereocenters. The zero-order chi connectivity index (χ0) is 14.7. The van der Waals surface area contributed by atoms with Crippen LogP contribution in [0.1, 0.15) is 11.3 Å². The van der Waals surface area contributed by atoms with Crippen LogP contribution in [0.15, 0.2) is 30.5 Å². The molecular formula is C16H21N5. The number of nitrogens with zero attached hydrogens (tertiary/aromatic N) is 3. The quantitative estimate of drug-likeness (QED) is 0.905. The second kappa shape index (κ2) is 6.10. The molecular weight excluding hydrogens is 262 g/mol. The van der Waals surface area contributed by atoms with Crippen molar-refractivity contribution in [3.8, 4) is 0 Å². The summed E-state index contributed by atoms with van der Waals surface area (Å²) in [6.45, 7) is 8.24. The van der Waals surface area contributed by atoms with Gasteiger partial charge in [0.05, 0.1) is 0 Å². The van der Waals surface area contributed by atoms with Crippen molar-refractivity contribution in [2.45, 2.75) is 13.8 Å². The highest BCUT2D eigenvalue weighted by Gasteiger charge is 2.10. The molecule has 0 saturated carbocycles. The van der Waals surface area contributed by atoms with Crippen LogP contribution >= 0.6 is 0 Å². The molecule has 0 bridgehead atoms. The van der Waals surface area contributed by atoms with E-state index in [2.05, 4.69) is 49.8 Å². The first-order valence-corrected chi connectivity index (χ1v) is 7.35. The van der Waals surface area contributed by atoms with Gasteiger partial charge in [0, 0.05) is 49.4 Å². The fraction of sp³-hybridized carbons (Fsp3) is 0.375. The van der Waals surface area contributed by atoms with Crippen LogP contribution < -0.4 is 15.5 Å². The Hall–Kier alpha value is -2.14. The monoisotopic (exact) mass is 283 g/mol. The summed E-state index contributed by atoms with van der Waals surface area (Å²) in [7, 11) is 0. The number of hydrogen-bond donors (Lipinski definition) is 2. The van der Waals surface area contributed by atoms with Gasteiger partial charge >= 0.3 is 0 Å². The molecule has 1 aliphatic rings. The summed E-state index contributed by atoms with van der Waals surface area (Å²) in [4.78, 5) is 11.1. The van der Waals surface area contributed by atoms with Crippen LogP contribution in [0.2, 0.25) is 0 Å². The summed E-state index contributed by atoms with van der Waals surface area (Å²) < 4.78 is 0. The van der Waals surface area contributed by atoms with Gasteiger partial charge in [-0.15, -0.1) is 0 Å². The molecule has 0 unspecified atom stereocenters. The molecule has 1 fully saturated rings. The lowest BCUT2D eigenvalue weighted by Crippen LogP contribution is -2.43. The van der Waals surface area contributed by atoms with E-state index >= 15 is 0 Å². The highest BCUT2D eigenvalue weighted by Crippen LogP contribution is 2.20. The molecule has 0 radical (unpaired) electrons. The van der Waals surface area contributed by atoms with Gasteiger partial charge in [-0.1, -0.05) is 0 Å². The number of piperazine rings is 1. The number of aromatic nitrogens is 2. The van der Waals surface area contributed by atoms with Crippen molar-refractivity contribution in [3.05, 3.63) is 41.7 Å². The van der Waals surface area contributed by atoms with Gasteiger partial charge in [-0.25, -0.2) is 9.97 Å². The Morgan fingerprint density at radius 1 is 1.10 bits per heavy atom. The van der Waals surface area contributed by atoms with Gasteiger partial charge in [0.25, 0.3) is 0 Å². The van der Waals surface area contributed by atoms with Gasteiger partial charge in [0.15, 0.2) is 0 Å². The molecule has 1 aromatic heterocycles. The van der Waals surface area contributed by atoms with Crippen LogP contribution in [-0.4, -0.2) is 36.1 Å². The highest BCUT2D eigenvalue weighted by molar-refractivity contribution is 5.59. The van der Waals surface area contributed by atoms with Crippen LogP contribution in [0.4, 0.5) is 17.3 Å². The highest BCUT2D eigenvalue weighted by atomic mass is 15.2. The van der Waals surface area contributed by atoms with Gasteiger partial charge in [-0.3, -0.25) is 0 Å². The summed E-state index contributed by atoms with van der Waals surface area (Å²) >= 11 is 0. The van der Waals surface area contributed by atoms with E-state index in [0.717, 1.165) is 43.1 Å². The van der Waals surface area contributed by atoms with Gasteiger partial charge in [-0.05, 0) is 43.7 Å². The third-order valence-electron chi connectivity index (χ3n) is 3.83. The van der Waals surface area contributed by atoms with Gasteiger partial charge in [0.1, 0.15) is 0 Å². The SMILES string of the molecule is Cc1cnc(Nc2ccc(N3CCNCC3)cc2)nc1C. The molecule has 21 heavy (non-hydrogen) atoms. The Bertz CT molecular complexity index is 603. The minimum atomic E-state index is 0.646. The lowest BCUT2D eigenvalue weighted by atomic mass is 10.2. The smallest absolute Gasteiger partial charge is 0.227 e. The van der Waals surface area contributed by atoms with E-state index < -0.39 is 0 Å². The molecule has 110 valence electrons. The van der Waals surface area contributed by atoms with E-state index in [-0.39, 0.29) is 0 Å². The van der Waals surface area contributed by atoms with E-state index in [0.29, 0.717) is 5.95 Å². The Morgan fingerprint density at radius 2 is 1.81 bits per heavy atom. The molecule has 0 aliphatic carbocycles. The number of rotatable bonds is 3. The van der Waals surface area contributed by atoms with Gasteiger partial charge in [0.2, 0.25) is 5.95 Å². The van der Waals surface area contributed by atoms with Crippen molar-refractivity contribution in [1.82, 2.24) is 15.3 Å². The zero-order valence-electron chi connectivity index (χ0n) is 12.6.